The van der Waals surface area contributed by atoms with Crippen LogP contribution in [0.3, 0.4) is 0 Å². The van der Waals surface area contributed by atoms with Gasteiger partial charge in [0.25, 0.3) is 5.91 Å². The normalized spacial score (nSPS) is 27.6. The van der Waals surface area contributed by atoms with E-state index in [-0.39, 0.29) is 46.9 Å². The zero-order chi connectivity index (χ0) is 33.5. The summed E-state index contributed by atoms with van der Waals surface area (Å²) in [6.07, 6.45) is 9.41. The van der Waals surface area contributed by atoms with Gasteiger partial charge in [-0.3, -0.25) is 14.4 Å². The van der Waals surface area contributed by atoms with Crippen LogP contribution in [-0.2, 0) is 29.5 Å². The molecule has 0 radical (unpaired) electrons. The number of amides is 2. The maximum absolute atomic E-state index is 14.5. The highest BCUT2D eigenvalue weighted by atomic mass is 16.5. The Morgan fingerprint density at radius 2 is 1.92 bits per heavy atom. The number of hydrogen-bond donors (Lipinski definition) is 1. The van der Waals surface area contributed by atoms with Crippen molar-refractivity contribution in [2.24, 2.45) is 18.4 Å². The summed E-state index contributed by atoms with van der Waals surface area (Å²) >= 11 is 0. The van der Waals surface area contributed by atoms with Crippen molar-refractivity contribution in [1.29, 1.82) is 0 Å². The number of aromatic nitrogens is 6. The van der Waals surface area contributed by atoms with Crippen LogP contribution in [0.4, 0.5) is 5.69 Å². The standard InChI is InChI=1S/C34H45N9O5/c1-6-23-28(40-11-12-41(25-8-7-24(25)40)31(46)22-15-35-39(4)32(22)47-5)29(45)27-30(38-43(37-27)21-9-13-48-14-10-21)42(23)16-26(44)36-34-17-33(18-34,19-34)20(2)3/h9,15,20,24-25H,6-8,10-14,16-19H2,1-5H3,(H,36,44)/t24-,25-,33?,34?/m0/s1. The second-order valence-corrected chi connectivity index (χ2v) is 14.7. The number of methoxy groups -OCH3 is 1. The number of pyridine rings is 1. The van der Waals surface area contributed by atoms with E-state index in [1.165, 1.54) is 7.11 Å². The van der Waals surface area contributed by atoms with Gasteiger partial charge < -0.3 is 29.2 Å². The first kappa shape index (κ1) is 31.1. The van der Waals surface area contributed by atoms with E-state index in [0.29, 0.717) is 73.3 Å². The number of rotatable bonds is 9. The molecule has 0 spiro atoms. The van der Waals surface area contributed by atoms with Crippen LogP contribution in [0.1, 0.15) is 75.3 Å². The zero-order valence-electron chi connectivity index (χ0n) is 28.5. The third-order valence-corrected chi connectivity index (χ3v) is 11.9. The van der Waals surface area contributed by atoms with Gasteiger partial charge in [0.1, 0.15) is 17.8 Å². The molecular formula is C34H45N9O5. The summed E-state index contributed by atoms with van der Waals surface area (Å²) in [7, 11) is 3.29. The quantitative estimate of drug-likeness (QED) is 0.367. The Morgan fingerprint density at radius 3 is 2.56 bits per heavy atom. The monoisotopic (exact) mass is 659 g/mol. The summed E-state index contributed by atoms with van der Waals surface area (Å²) in [6, 6.07) is -0.0994. The first-order chi connectivity index (χ1) is 23.1. The second kappa shape index (κ2) is 11.2. The molecule has 1 saturated heterocycles. The number of carbonyl (C=O) groups excluding carboxylic acids is 2. The number of fused-ring (bicyclic) bond motifs is 2. The summed E-state index contributed by atoms with van der Waals surface area (Å²) in [6.45, 7) is 8.55. The molecule has 5 fully saturated rings. The molecule has 2 atom stereocenters. The SMILES string of the molecule is CCc1c(N2CCN(C(=O)c3cnn(C)c3OC)[C@H]3CC[C@@H]32)c(=O)c2nn(C3=CCOCC3)nc2n1CC(=O)NC12CC(C(C)C)(C1)C2. The Labute approximate surface area is 279 Å². The third kappa shape index (κ3) is 4.54. The molecule has 3 aromatic heterocycles. The van der Waals surface area contributed by atoms with Crippen LogP contribution in [0.2, 0.25) is 0 Å². The van der Waals surface area contributed by atoms with E-state index in [2.05, 4.69) is 29.2 Å². The Kier molecular flexibility index (Phi) is 7.24. The van der Waals surface area contributed by atoms with Crippen LogP contribution in [0.25, 0.3) is 16.9 Å². The van der Waals surface area contributed by atoms with Gasteiger partial charge in [-0.15, -0.1) is 10.2 Å². The van der Waals surface area contributed by atoms with Crippen LogP contribution in [0.15, 0.2) is 17.1 Å². The minimum Gasteiger partial charge on any atom is -0.481 e. The van der Waals surface area contributed by atoms with E-state index < -0.39 is 0 Å². The van der Waals surface area contributed by atoms with Crippen LogP contribution in [0, 0.1) is 11.3 Å². The summed E-state index contributed by atoms with van der Waals surface area (Å²) < 4.78 is 14.5. The van der Waals surface area contributed by atoms with Crippen molar-refractivity contribution in [3.8, 4) is 5.88 Å². The molecule has 0 unspecified atom stereocenters. The van der Waals surface area contributed by atoms with Gasteiger partial charge in [-0.05, 0) is 55.9 Å². The minimum atomic E-state index is -0.185. The number of hydrogen-bond acceptors (Lipinski definition) is 9. The number of ether oxygens (including phenoxy) is 2. The molecule has 5 heterocycles. The molecule has 6 aliphatic rings. The molecule has 2 aliphatic heterocycles. The number of piperazine rings is 1. The highest BCUT2D eigenvalue weighted by Crippen LogP contribution is 2.70. The second-order valence-electron chi connectivity index (χ2n) is 14.7. The molecule has 256 valence electrons. The molecule has 14 heteroatoms. The predicted molar refractivity (Wildman–Crippen MR) is 178 cm³/mol. The van der Waals surface area contributed by atoms with Crippen molar-refractivity contribution in [2.75, 3.05) is 38.3 Å². The van der Waals surface area contributed by atoms with Gasteiger partial charge in [0.15, 0.2) is 11.2 Å². The largest absolute Gasteiger partial charge is 0.481 e. The molecule has 3 aromatic rings. The van der Waals surface area contributed by atoms with Crippen LogP contribution in [0.5, 0.6) is 5.88 Å². The van der Waals surface area contributed by atoms with Crippen molar-refractivity contribution in [3.63, 3.8) is 0 Å². The highest BCUT2D eigenvalue weighted by molar-refractivity contribution is 5.97. The third-order valence-electron chi connectivity index (χ3n) is 11.9. The Morgan fingerprint density at radius 1 is 1.15 bits per heavy atom. The molecule has 2 bridgehead atoms. The fraction of sp³-hybridized carbons (Fsp3) is 0.647. The van der Waals surface area contributed by atoms with E-state index >= 15 is 0 Å². The first-order valence-corrected chi connectivity index (χ1v) is 17.3. The van der Waals surface area contributed by atoms with Gasteiger partial charge in [-0.1, -0.05) is 20.8 Å². The van der Waals surface area contributed by atoms with E-state index in [9.17, 15) is 14.4 Å². The average molecular weight is 660 g/mol. The van der Waals surface area contributed by atoms with E-state index in [0.717, 1.165) is 43.5 Å². The number of nitrogens with zero attached hydrogens (tertiary/aromatic N) is 8. The lowest BCUT2D eigenvalue weighted by atomic mass is 9.36. The van der Waals surface area contributed by atoms with E-state index in [1.807, 2.05) is 22.5 Å². The zero-order valence-corrected chi connectivity index (χ0v) is 28.5. The van der Waals surface area contributed by atoms with Crippen LogP contribution in [-0.4, -0.2) is 97.1 Å². The fourth-order valence-electron chi connectivity index (χ4n) is 9.11. The maximum Gasteiger partial charge on any atom is 0.261 e. The lowest BCUT2D eigenvalue weighted by molar-refractivity contribution is -0.187. The van der Waals surface area contributed by atoms with Crippen LogP contribution >= 0.6 is 0 Å². The van der Waals surface area contributed by atoms with E-state index in [1.54, 1.807) is 22.7 Å². The minimum absolute atomic E-state index is 0.0377. The summed E-state index contributed by atoms with van der Waals surface area (Å²) in [4.78, 5) is 47.7. The molecule has 2 amide bonds. The van der Waals surface area contributed by atoms with Crippen molar-refractivity contribution >= 4 is 34.4 Å². The number of nitrogens with one attached hydrogen (secondary N) is 1. The van der Waals surface area contributed by atoms with E-state index in [4.69, 9.17) is 19.7 Å². The molecular weight excluding hydrogens is 614 g/mol. The van der Waals surface area contributed by atoms with Gasteiger partial charge in [0, 0.05) is 43.8 Å². The molecule has 4 saturated carbocycles. The predicted octanol–water partition coefficient (Wildman–Crippen LogP) is 2.35. The first-order valence-electron chi connectivity index (χ1n) is 17.3. The molecule has 48 heavy (non-hydrogen) atoms. The lowest BCUT2D eigenvalue weighted by Gasteiger charge is -2.72. The molecule has 14 nitrogen and oxygen atoms in total. The molecule has 1 N–H and O–H groups in total. The van der Waals surface area contributed by atoms with Gasteiger partial charge in [-0.2, -0.15) is 9.90 Å². The Balaban J connectivity index is 1.15. The maximum atomic E-state index is 14.5. The molecule has 4 aliphatic carbocycles. The Bertz CT molecular complexity index is 1880. The lowest BCUT2D eigenvalue weighted by Crippen LogP contribution is -2.76. The van der Waals surface area contributed by atoms with Crippen LogP contribution < -0.4 is 20.4 Å². The summed E-state index contributed by atoms with van der Waals surface area (Å²) in [5.41, 5.74) is 3.38. The van der Waals surface area contributed by atoms with Crippen molar-refractivity contribution < 1.29 is 19.1 Å². The van der Waals surface area contributed by atoms with Crippen molar-refractivity contribution in [3.05, 3.63) is 33.8 Å². The van der Waals surface area contributed by atoms with Gasteiger partial charge >= 0.3 is 0 Å². The van der Waals surface area contributed by atoms with Crippen molar-refractivity contribution in [2.45, 2.75) is 89.9 Å². The average Bonchev–Trinajstić information content (AvgIpc) is 3.64. The molecule has 9 rings (SSSR count). The highest BCUT2D eigenvalue weighted by Gasteiger charge is 2.69. The number of aryl methyl sites for hydroxylation is 1. The topological polar surface area (TPSA) is 142 Å². The summed E-state index contributed by atoms with van der Waals surface area (Å²) in [5.74, 6) is 0.852. The van der Waals surface area contributed by atoms with Gasteiger partial charge in [0.05, 0.1) is 38.3 Å². The number of anilines is 1. The smallest absolute Gasteiger partial charge is 0.261 e. The fourth-order valence-corrected chi connectivity index (χ4v) is 9.11. The van der Waals surface area contributed by atoms with Gasteiger partial charge in [0.2, 0.25) is 17.2 Å². The summed E-state index contributed by atoms with van der Waals surface area (Å²) in [5, 5.41) is 17.2. The van der Waals surface area contributed by atoms with Crippen molar-refractivity contribution in [1.82, 2.24) is 39.6 Å². The van der Waals surface area contributed by atoms with Gasteiger partial charge in [-0.25, -0.2) is 4.68 Å². The number of carbonyl (C=O) groups is 2. The Hall–Kier alpha value is -4.20. The molecule has 0 aromatic carbocycles.